The van der Waals surface area contributed by atoms with Crippen LogP contribution in [0, 0.1) is 0 Å². The third kappa shape index (κ3) is 1.55. The second-order valence-electron chi connectivity index (χ2n) is 2.10. The van der Waals surface area contributed by atoms with Gasteiger partial charge in [-0.15, -0.1) is 0 Å². The number of rotatable bonds is 1. The van der Waals surface area contributed by atoms with E-state index in [0.717, 1.165) is 0 Å². The van der Waals surface area contributed by atoms with Gasteiger partial charge in [-0.3, -0.25) is 14.9 Å². The maximum atomic E-state index is 10.5. The Kier molecular flexibility index (Phi) is 1.69. The van der Waals surface area contributed by atoms with Gasteiger partial charge in [0, 0.05) is 0 Å². The van der Waals surface area contributed by atoms with E-state index in [9.17, 15) is 22.6 Å². The van der Waals surface area contributed by atoms with Crippen molar-refractivity contribution in [3.63, 3.8) is 0 Å². The Hall–Kier alpha value is -0.950. The molecule has 11 heavy (non-hydrogen) atoms. The van der Waals surface area contributed by atoms with Crippen molar-refractivity contribution in [2.24, 2.45) is 0 Å². The summed E-state index contributed by atoms with van der Waals surface area (Å²) in [6.45, 7) is 0. The topological polar surface area (TPSA) is 103 Å². The van der Waals surface area contributed by atoms with Gasteiger partial charge in [0.1, 0.15) is 15.4 Å². The van der Waals surface area contributed by atoms with E-state index in [-0.39, 0.29) is 0 Å². The van der Waals surface area contributed by atoms with Gasteiger partial charge in [-0.1, -0.05) is 0 Å². The number of imide groups is 1. The Labute approximate surface area is 62.3 Å². The van der Waals surface area contributed by atoms with E-state index in [2.05, 4.69) is 0 Å². The average molecular weight is 178 g/mol. The Balaban J connectivity index is 2.94. The number of hydrogen-bond acceptors (Lipinski definition) is 5. The molecule has 1 N–H and O–H groups in total. The number of amides is 2. The SMILES string of the molecule is O=C1CC(S(=O)(=O)[O-])C(=O)N1. The van der Waals surface area contributed by atoms with Crippen molar-refractivity contribution in [1.82, 2.24) is 5.32 Å². The van der Waals surface area contributed by atoms with E-state index in [1.165, 1.54) is 0 Å². The molecule has 1 unspecified atom stereocenters. The lowest BCUT2D eigenvalue weighted by Gasteiger charge is -2.09. The van der Waals surface area contributed by atoms with Crippen molar-refractivity contribution in [2.45, 2.75) is 11.7 Å². The van der Waals surface area contributed by atoms with Crippen LogP contribution in [0.25, 0.3) is 0 Å². The fraction of sp³-hybridized carbons (Fsp3) is 0.500. The van der Waals surface area contributed by atoms with E-state index >= 15 is 0 Å². The number of hydrogen-bond donors (Lipinski definition) is 1. The lowest BCUT2D eigenvalue weighted by molar-refractivity contribution is -0.124. The van der Waals surface area contributed by atoms with Gasteiger partial charge in [0.15, 0.2) is 0 Å². The van der Waals surface area contributed by atoms with E-state index in [1.54, 1.807) is 5.32 Å². The van der Waals surface area contributed by atoms with Gasteiger partial charge in [0.05, 0.1) is 6.42 Å². The summed E-state index contributed by atoms with van der Waals surface area (Å²) >= 11 is 0. The van der Waals surface area contributed by atoms with Crippen LogP contribution in [0.5, 0.6) is 0 Å². The van der Waals surface area contributed by atoms with Crippen LogP contribution in [0.4, 0.5) is 0 Å². The van der Waals surface area contributed by atoms with Crippen LogP contribution in [-0.4, -0.2) is 30.0 Å². The molecule has 0 saturated carbocycles. The molecule has 0 aromatic carbocycles. The summed E-state index contributed by atoms with van der Waals surface area (Å²) in [6, 6.07) is 0. The largest absolute Gasteiger partial charge is 0.747 e. The summed E-state index contributed by atoms with van der Waals surface area (Å²) in [5.41, 5.74) is 0. The van der Waals surface area contributed by atoms with Gasteiger partial charge in [-0.05, 0) is 0 Å². The zero-order valence-electron chi connectivity index (χ0n) is 5.23. The van der Waals surface area contributed by atoms with Crippen LogP contribution in [-0.2, 0) is 19.7 Å². The Bertz CT molecular complexity index is 304. The first-order chi connectivity index (χ1) is 4.91. The number of nitrogens with one attached hydrogen (secondary N) is 1. The van der Waals surface area contributed by atoms with E-state index < -0.39 is 33.6 Å². The Morgan fingerprint density at radius 2 is 2.00 bits per heavy atom. The molecule has 0 aromatic rings. The van der Waals surface area contributed by atoms with Crippen molar-refractivity contribution >= 4 is 21.9 Å². The third-order valence-corrected chi connectivity index (χ3v) is 2.35. The molecule has 1 saturated heterocycles. The van der Waals surface area contributed by atoms with Crippen LogP contribution >= 0.6 is 0 Å². The van der Waals surface area contributed by atoms with Crippen molar-refractivity contribution in [2.75, 3.05) is 0 Å². The van der Waals surface area contributed by atoms with Gasteiger partial charge >= 0.3 is 0 Å². The standard InChI is InChI=1S/C4H5NO5S/c6-3-1-2(4(7)5-3)11(8,9)10/h2H,1H2,(H,5,6,7)(H,8,9,10)/p-1. The molecule has 1 aliphatic heterocycles. The number of carbonyl (C=O) groups excluding carboxylic acids is 2. The minimum atomic E-state index is -4.67. The normalized spacial score (nSPS) is 25.4. The average Bonchev–Trinajstić information content (AvgIpc) is 2.08. The molecule has 1 rings (SSSR count). The Morgan fingerprint density at radius 3 is 2.18 bits per heavy atom. The fourth-order valence-corrected chi connectivity index (χ4v) is 1.44. The Morgan fingerprint density at radius 1 is 1.45 bits per heavy atom. The van der Waals surface area contributed by atoms with Crippen LogP contribution < -0.4 is 5.32 Å². The van der Waals surface area contributed by atoms with Crippen molar-refractivity contribution in [3.8, 4) is 0 Å². The van der Waals surface area contributed by atoms with E-state index in [4.69, 9.17) is 0 Å². The molecule has 0 spiro atoms. The summed E-state index contributed by atoms with van der Waals surface area (Å²) in [4.78, 5) is 20.9. The second kappa shape index (κ2) is 2.28. The summed E-state index contributed by atoms with van der Waals surface area (Å²) < 4.78 is 30.7. The fourth-order valence-electron chi connectivity index (χ4n) is 0.763. The molecule has 0 bridgehead atoms. The van der Waals surface area contributed by atoms with E-state index in [1.807, 2.05) is 0 Å². The lowest BCUT2D eigenvalue weighted by Crippen LogP contribution is -2.30. The quantitative estimate of drug-likeness (QED) is 0.367. The van der Waals surface area contributed by atoms with E-state index in [0.29, 0.717) is 0 Å². The summed E-state index contributed by atoms with van der Waals surface area (Å²) in [6.07, 6.45) is -0.551. The first-order valence-corrected chi connectivity index (χ1v) is 4.17. The van der Waals surface area contributed by atoms with Gasteiger partial charge in [0.25, 0.3) is 0 Å². The third-order valence-electron chi connectivity index (χ3n) is 1.27. The highest BCUT2D eigenvalue weighted by Gasteiger charge is 2.35. The van der Waals surface area contributed by atoms with Crippen molar-refractivity contribution in [1.29, 1.82) is 0 Å². The van der Waals surface area contributed by atoms with Crippen molar-refractivity contribution < 1.29 is 22.6 Å². The molecule has 1 heterocycles. The molecule has 2 amide bonds. The zero-order valence-corrected chi connectivity index (χ0v) is 6.05. The monoisotopic (exact) mass is 178 g/mol. The molecule has 0 aromatic heterocycles. The summed E-state index contributed by atoms with van der Waals surface area (Å²) in [7, 11) is -4.67. The minimum Gasteiger partial charge on any atom is -0.747 e. The molecule has 62 valence electrons. The molecule has 7 heteroatoms. The molecule has 6 nitrogen and oxygen atoms in total. The number of carbonyl (C=O) groups is 2. The van der Waals surface area contributed by atoms with Crippen LogP contribution in [0.2, 0.25) is 0 Å². The van der Waals surface area contributed by atoms with Gasteiger partial charge < -0.3 is 4.55 Å². The van der Waals surface area contributed by atoms with Crippen LogP contribution in [0.3, 0.4) is 0 Å². The second-order valence-corrected chi connectivity index (χ2v) is 3.65. The molecule has 1 fully saturated rings. The van der Waals surface area contributed by atoms with Crippen molar-refractivity contribution in [3.05, 3.63) is 0 Å². The first kappa shape index (κ1) is 8.15. The maximum absolute atomic E-state index is 10.5. The molecular weight excluding hydrogens is 174 g/mol. The predicted molar refractivity (Wildman–Crippen MR) is 31.3 cm³/mol. The maximum Gasteiger partial charge on any atom is 0.244 e. The molecule has 0 radical (unpaired) electrons. The minimum absolute atomic E-state index is 0.551. The summed E-state index contributed by atoms with van der Waals surface area (Å²) in [5.74, 6) is -1.75. The predicted octanol–water partition coefficient (Wildman–Crippen LogP) is -2.05. The summed E-state index contributed by atoms with van der Waals surface area (Å²) in [5, 5.41) is -0.0105. The highest BCUT2D eigenvalue weighted by Crippen LogP contribution is 2.09. The highest BCUT2D eigenvalue weighted by molar-refractivity contribution is 7.87. The molecule has 1 atom stereocenters. The smallest absolute Gasteiger partial charge is 0.244 e. The molecule has 0 aliphatic carbocycles. The molecule has 1 aliphatic rings. The van der Waals surface area contributed by atoms with Gasteiger partial charge in [-0.2, -0.15) is 0 Å². The molecular formula is C4H4NO5S-. The van der Waals surface area contributed by atoms with Crippen LogP contribution in [0.15, 0.2) is 0 Å². The lowest BCUT2D eigenvalue weighted by atomic mass is 10.4. The van der Waals surface area contributed by atoms with Crippen LogP contribution in [0.1, 0.15) is 6.42 Å². The zero-order chi connectivity index (χ0) is 8.65. The van der Waals surface area contributed by atoms with Gasteiger partial charge in [0.2, 0.25) is 11.8 Å². The first-order valence-electron chi connectivity index (χ1n) is 2.69. The van der Waals surface area contributed by atoms with Gasteiger partial charge in [-0.25, -0.2) is 8.42 Å². The highest BCUT2D eigenvalue weighted by atomic mass is 32.2.